The van der Waals surface area contributed by atoms with Gasteiger partial charge in [0.25, 0.3) is 5.91 Å². The van der Waals surface area contributed by atoms with Gasteiger partial charge in [-0.05, 0) is 24.6 Å². The molecule has 2 aliphatic heterocycles. The molecule has 164 valence electrons. The third kappa shape index (κ3) is 2.79. The van der Waals surface area contributed by atoms with Crippen molar-refractivity contribution in [2.75, 3.05) is 12.0 Å². The first-order valence-corrected chi connectivity index (χ1v) is 10.6. The zero-order valence-electron chi connectivity index (χ0n) is 17.7. The molecule has 4 aromatic rings. The SMILES string of the molecule is COC(c1c[nH]c2ncccc12)c1ncc2c3c(cccc13)C(=O)N2C1CCC(=O)NC1=O. The van der Waals surface area contributed by atoms with Gasteiger partial charge in [0, 0.05) is 53.2 Å². The van der Waals surface area contributed by atoms with Crippen molar-refractivity contribution in [1.82, 2.24) is 20.3 Å². The van der Waals surface area contributed by atoms with E-state index in [1.807, 2.05) is 30.5 Å². The number of benzene rings is 1. The molecule has 2 atom stereocenters. The minimum absolute atomic E-state index is 0.186. The molecule has 0 aliphatic carbocycles. The maximum atomic E-state index is 13.3. The van der Waals surface area contributed by atoms with Gasteiger partial charge in [0.2, 0.25) is 11.8 Å². The lowest BCUT2D eigenvalue weighted by Gasteiger charge is -2.30. The van der Waals surface area contributed by atoms with E-state index in [0.717, 1.165) is 27.4 Å². The molecule has 1 aromatic carbocycles. The Labute approximate surface area is 187 Å². The van der Waals surface area contributed by atoms with Crippen LogP contribution in [0.5, 0.6) is 0 Å². The van der Waals surface area contributed by atoms with Gasteiger partial charge in [-0.3, -0.25) is 29.6 Å². The summed E-state index contributed by atoms with van der Waals surface area (Å²) in [6.07, 6.45) is 5.16. The highest BCUT2D eigenvalue weighted by molar-refractivity contribution is 6.27. The smallest absolute Gasteiger partial charge is 0.259 e. The molecule has 9 nitrogen and oxygen atoms in total. The number of amides is 3. The molecule has 2 unspecified atom stereocenters. The summed E-state index contributed by atoms with van der Waals surface area (Å²) in [4.78, 5) is 51.2. The summed E-state index contributed by atoms with van der Waals surface area (Å²) < 4.78 is 5.89. The zero-order valence-corrected chi connectivity index (χ0v) is 17.7. The highest BCUT2D eigenvalue weighted by Gasteiger charge is 2.41. The minimum atomic E-state index is -0.753. The number of aromatic nitrogens is 3. The van der Waals surface area contributed by atoms with Crippen molar-refractivity contribution in [3.8, 4) is 0 Å². The third-order valence-electron chi connectivity index (χ3n) is 6.40. The van der Waals surface area contributed by atoms with Crippen LogP contribution in [0.1, 0.15) is 40.6 Å². The Morgan fingerprint density at radius 3 is 2.79 bits per heavy atom. The molecule has 0 radical (unpaired) electrons. The van der Waals surface area contributed by atoms with E-state index in [9.17, 15) is 14.4 Å². The minimum Gasteiger partial charge on any atom is -0.370 e. The lowest BCUT2D eigenvalue weighted by Crippen LogP contribution is -2.53. The number of hydrogen-bond donors (Lipinski definition) is 2. The largest absolute Gasteiger partial charge is 0.370 e. The predicted octanol–water partition coefficient (Wildman–Crippen LogP) is 2.61. The Hall–Kier alpha value is -4.11. The fourth-order valence-corrected chi connectivity index (χ4v) is 4.93. The lowest BCUT2D eigenvalue weighted by molar-refractivity contribution is -0.134. The number of nitrogens with zero attached hydrogens (tertiary/aromatic N) is 3. The van der Waals surface area contributed by atoms with Gasteiger partial charge in [-0.25, -0.2) is 4.98 Å². The van der Waals surface area contributed by atoms with Crippen LogP contribution in [0.3, 0.4) is 0 Å². The number of methoxy groups -OCH3 is 1. The normalized spacial score (nSPS) is 18.9. The van der Waals surface area contributed by atoms with E-state index >= 15 is 0 Å². The van der Waals surface area contributed by atoms with E-state index in [-0.39, 0.29) is 24.7 Å². The monoisotopic (exact) mass is 441 g/mol. The maximum Gasteiger partial charge on any atom is 0.259 e. The summed E-state index contributed by atoms with van der Waals surface area (Å²) >= 11 is 0. The molecule has 0 bridgehead atoms. The van der Waals surface area contributed by atoms with E-state index < -0.39 is 18.1 Å². The van der Waals surface area contributed by atoms with Gasteiger partial charge in [0.15, 0.2) is 0 Å². The van der Waals surface area contributed by atoms with Crippen LogP contribution >= 0.6 is 0 Å². The molecule has 3 aromatic heterocycles. The fraction of sp³-hybridized carbons (Fsp3) is 0.208. The number of nitrogens with one attached hydrogen (secondary N) is 2. The fourth-order valence-electron chi connectivity index (χ4n) is 4.93. The van der Waals surface area contributed by atoms with Crippen molar-refractivity contribution in [2.24, 2.45) is 0 Å². The number of hydrogen-bond acceptors (Lipinski definition) is 6. The summed E-state index contributed by atoms with van der Waals surface area (Å²) in [5, 5.41) is 4.77. The van der Waals surface area contributed by atoms with E-state index in [2.05, 4.69) is 15.3 Å². The van der Waals surface area contributed by atoms with Crippen LogP contribution in [0.4, 0.5) is 5.69 Å². The van der Waals surface area contributed by atoms with Crippen molar-refractivity contribution in [3.63, 3.8) is 0 Å². The van der Waals surface area contributed by atoms with E-state index in [1.165, 1.54) is 4.90 Å². The highest BCUT2D eigenvalue weighted by atomic mass is 16.5. The third-order valence-corrected chi connectivity index (χ3v) is 6.40. The molecular weight excluding hydrogens is 422 g/mol. The van der Waals surface area contributed by atoms with Crippen LogP contribution in [-0.4, -0.2) is 45.8 Å². The topological polar surface area (TPSA) is 117 Å². The number of rotatable bonds is 4. The second kappa shape index (κ2) is 7.21. The number of carbonyl (C=O) groups is 3. The van der Waals surface area contributed by atoms with Crippen LogP contribution in [0.2, 0.25) is 0 Å². The van der Waals surface area contributed by atoms with E-state index in [1.54, 1.807) is 25.6 Å². The summed E-state index contributed by atoms with van der Waals surface area (Å²) in [6, 6.07) is 8.54. The van der Waals surface area contributed by atoms with Gasteiger partial charge in [-0.1, -0.05) is 12.1 Å². The Bertz CT molecular complexity index is 1480. The molecule has 5 heterocycles. The van der Waals surface area contributed by atoms with Crippen LogP contribution in [0.15, 0.2) is 48.9 Å². The van der Waals surface area contributed by atoms with Gasteiger partial charge < -0.3 is 9.72 Å². The average molecular weight is 441 g/mol. The first-order chi connectivity index (χ1) is 16.1. The number of piperidine rings is 1. The molecule has 33 heavy (non-hydrogen) atoms. The van der Waals surface area contributed by atoms with Crippen LogP contribution in [0, 0.1) is 0 Å². The quantitative estimate of drug-likeness (QED) is 0.470. The van der Waals surface area contributed by atoms with E-state index in [0.29, 0.717) is 16.9 Å². The summed E-state index contributed by atoms with van der Waals surface area (Å²) in [5.41, 5.74) is 3.38. The summed E-state index contributed by atoms with van der Waals surface area (Å²) in [7, 11) is 1.62. The summed E-state index contributed by atoms with van der Waals surface area (Å²) in [5.74, 6) is -1.06. The van der Waals surface area contributed by atoms with Crippen molar-refractivity contribution in [1.29, 1.82) is 0 Å². The van der Waals surface area contributed by atoms with E-state index in [4.69, 9.17) is 9.72 Å². The Kier molecular flexibility index (Phi) is 4.27. The van der Waals surface area contributed by atoms with Crippen molar-refractivity contribution >= 4 is 45.2 Å². The van der Waals surface area contributed by atoms with Gasteiger partial charge in [-0.15, -0.1) is 0 Å². The van der Waals surface area contributed by atoms with Gasteiger partial charge in [-0.2, -0.15) is 0 Å². The number of fused-ring (bicyclic) bond motifs is 1. The number of imide groups is 1. The molecule has 1 saturated heterocycles. The van der Waals surface area contributed by atoms with Crippen molar-refractivity contribution in [2.45, 2.75) is 25.0 Å². The van der Waals surface area contributed by atoms with Gasteiger partial charge in [0.05, 0.1) is 17.6 Å². The molecule has 1 fully saturated rings. The number of carbonyl (C=O) groups excluding carboxylic acids is 3. The van der Waals surface area contributed by atoms with Crippen LogP contribution in [-0.2, 0) is 14.3 Å². The number of aromatic amines is 1. The second-order valence-electron chi connectivity index (χ2n) is 8.16. The molecule has 3 amide bonds. The van der Waals surface area contributed by atoms with Gasteiger partial charge >= 0.3 is 0 Å². The van der Waals surface area contributed by atoms with Crippen LogP contribution < -0.4 is 10.2 Å². The van der Waals surface area contributed by atoms with Crippen LogP contribution in [0.25, 0.3) is 21.8 Å². The van der Waals surface area contributed by atoms with Crippen molar-refractivity contribution in [3.05, 3.63) is 65.7 Å². The number of pyridine rings is 2. The average Bonchev–Trinajstić information content (AvgIpc) is 3.37. The standard InChI is InChI=1S/C24H19N5O4/c1-33-21(15-10-27-22-12(15)6-3-9-25-22)20-13-4-2-5-14-19(13)17(11-26-20)29(24(14)32)16-7-8-18(30)28-23(16)31/h2-6,9-11,16,21H,7-8H2,1H3,(H,25,27)(H,28,30,31). The molecule has 6 rings (SSSR count). The van der Waals surface area contributed by atoms with Gasteiger partial charge in [0.1, 0.15) is 17.8 Å². The molecule has 0 saturated carbocycles. The predicted molar refractivity (Wildman–Crippen MR) is 120 cm³/mol. The Morgan fingerprint density at radius 1 is 1.12 bits per heavy atom. The zero-order chi connectivity index (χ0) is 22.7. The molecule has 0 spiro atoms. The Balaban J connectivity index is 1.51. The lowest BCUT2D eigenvalue weighted by atomic mass is 9.98. The Morgan fingerprint density at radius 2 is 1.97 bits per heavy atom. The molecular formula is C24H19N5O4. The number of H-pyrrole nitrogens is 1. The molecule has 2 aliphatic rings. The highest BCUT2D eigenvalue weighted by Crippen LogP contribution is 2.43. The first-order valence-electron chi connectivity index (χ1n) is 10.6. The molecule has 2 N–H and O–H groups in total. The maximum absolute atomic E-state index is 13.3. The number of anilines is 1. The number of ether oxygens (including phenoxy) is 1. The second-order valence-corrected chi connectivity index (χ2v) is 8.16. The first kappa shape index (κ1) is 19.6. The molecule has 9 heteroatoms. The summed E-state index contributed by atoms with van der Waals surface area (Å²) in [6.45, 7) is 0. The van der Waals surface area contributed by atoms with Crippen molar-refractivity contribution < 1.29 is 19.1 Å².